The Morgan fingerprint density at radius 1 is 1.33 bits per heavy atom. The first kappa shape index (κ1) is 16.3. The number of amides is 1. The van der Waals surface area contributed by atoms with Crippen molar-refractivity contribution in [3.05, 3.63) is 35.4 Å². The molecule has 1 aromatic carbocycles. The number of aryl methyl sites for hydroxylation is 1. The molecule has 1 aliphatic heterocycles. The molecule has 0 radical (unpaired) electrons. The Balaban J connectivity index is 1.68. The minimum Gasteiger partial charge on any atom is -0.493 e. The van der Waals surface area contributed by atoms with E-state index in [9.17, 15) is 4.79 Å². The number of hydrogen-bond donors (Lipinski definition) is 1. The number of aromatic nitrogens is 3. The maximum atomic E-state index is 12.4. The van der Waals surface area contributed by atoms with Crippen LogP contribution in [0.25, 0.3) is 0 Å². The highest BCUT2D eigenvalue weighted by molar-refractivity contribution is 5.94. The van der Waals surface area contributed by atoms with Crippen LogP contribution in [-0.2, 0) is 19.5 Å². The van der Waals surface area contributed by atoms with Gasteiger partial charge in [0.05, 0.1) is 19.8 Å². The molecule has 128 valence electrons. The van der Waals surface area contributed by atoms with Gasteiger partial charge in [0.1, 0.15) is 5.82 Å². The van der Waals surface area contributed by atoms with Crippen molar-refractivity contribution in [3.63, 3.8) is 0 Å². The summed E-state index contributed by atoms with van der Waals surface area (Å²) in [6.45, 7) is 5.16. The SMILES string of the molecule is COc1cc(C(=O)NCc2nnc3n2CCC3)ccc1OC(C)C. The van der Waals surface area contributed by atoms with Gasteiger partial charge < -0.3 is 19.4 Å². The van der Waals surface area contributed by atoms with Gasteiger partial charge in [-0.15, -0.1) is 10.2 Å². The van der Waals surface area contributed by atoms with Crippen LogP contribution < -0.4 is 14.8 Å². The van der Waals surface area contributed by atoms with Gasteiger partial charge in [0.15, 0.2) is 17.3 Å². The lowest BCUT2D eigenvalue weighted by molar-refractivity contribution is 0.0949. The molecule has 0 saturated carbocycles. The lowest BCUT2D eigenvalue weighted by Gasteiger charge is -2.14. The molecule has 0 spiro atoms. The molecule has 0 unspecified atom stereocenters. The molecule has 3 rings (SSSR count). The summed E-state index contributed by atoms with van der Waals surface area (Å²) in [6, 6.07) is 5.16. The largest absolute Gasteiger partial charge is 0.493 e. The number of rotatable bonds is 6. The zero-order chi connectivity index (χ0) is 17.1. The molecule has 0 saturated heterocycles. The Bertz CT molecular complexity index is 739. The molecule has 0 atom stereocenters. The first-order chi connectivity index (χ1) is 11.6. The molecule has 7 nitrogen and oxygen atoms in total. The number of hydrogen-bond acceptors (Lipinski definition) is 5. The number of carbonyl (C=O) groups excluding carboxylic acids is 1. The maximum absolute atomic E-state index is 12.4. The highest BCUT2D eigenvalue weighted by atomic mass is 16.5. The van der Waals surface area contributed by atoms with Crippen LogP contribution in [0.2, 0.25) is 0 Å². The number of nitrogens with zero attached hydrogens (tertiary/aromatic N) is 3. The van der Waals surface area contributed by atoms with Gasteiger partial charge in [0, 0.05) is 18.5 Å². The number of fused-ring (bicyclic) bond motifs is 1. The second kappa shape index (κ2) is 6.90. The average molecular weight is 330 g/mol. The van der Waals surface area contributed by atoms with Crippen molar-refractivity contribution in [1.82, 2.24) is 20.1 Å². The first-order valence-corrected chi connectivity index (χ1v) is 8.12. The molecule has 0 fully saturated rings. The van der Waals surface area contributed by atoms with Gasteiger partial charge in [-0.2, -0.15) is 0 Å². The monoisotopic (exact) mass is 330 g/mol. The highest BCUT2D eigenvalue weighted by Crippen LogP contribution is 2.29. The number of nitrogens with one attached hydrogen (secondary N) is 1. The molecule has 1 aromatic heterocycles. The number of benzene rings is 1. The third-order valence-electron chi connectivity index (χ3n) is 3.88. The molecule has 2 aromatic rings. The summed E-state index contributed by atoms with van der Waals surface area (Å²) in [5, 5.41) is 11.2. The van der Waals surface area contributed by atoms with E-state index in [4.69, 9.17) is 9.47 Å². The van der Waals surface area contributed by atoms with E-state index in [0.717, 1.165) is 31.0 Å². The van der Waals surface area contributed by atoms with Gasteiger partial charge in [0.2, 0.25) is 0 Å². The molecule has 7 heteroatoms. The molecule has 24 heavy (non-hydrogen) atoms. The Labute approximate surface area is 141 Å². The Morgan fingerprint density at radius 2 is 2.17 bits per heavy atom. The van der Waals surface area contributed by atoms with Crippen LogP contribution >= 0.6 is 0 Å². The van der Waals surface area contributed by atoms with Crippen LogP contribution in [0.5, 0.6) is 11.5 Å². The summed E-state index contributed by atoms with van der Waals surface area (Å²) < 4.78 is 13.0. The van der Waals surface area contributed by atoms with Crippen molar-refractivity contribution in [2.75, 3.05) is 7.11 Å². The van der Waals surface area contributed by atoms with Crippen molar-refractivity contribution < 1.29 is 14.3 Å². The van der Waals surface area contributed by atoms with Gasteiger partial charge in [-0.05, 0) is 38.5 Å². The first-order valence-electron chi connectivity index (χ1n) is 8.12. The fourth-order valence-corrected chi connectivity index (χ4v) is 2.76. The molecule has 1 amide bonds. The second-order valence-corrected chi connectivity index (χ2v) is 6.00. The van der Waals surface area contributed by atoms with E-state index in [-0.39, 0.29) is 12.0 Å². The van der Waals surface area contributed by atoms with Crippen LogP contribution in [0.15, 0.2) is 18.2 Å². The smallest absolute Gasteiger partial charge is 0.251 e. The van der Waals surface area contributed by atoms with Gasteiger partial charge >= 0.3 is 0 Å². The number of ether oxygens (including phenoxy) is 2. The van der Waals surface area contributed by atoms with Gasteiger partial charge in [0.25, 0.3) is 5.91 Å². The minimum absolute atomic E-state index is 0.0358. The molecule has 0 bridgehead atoms. The molecule has 0 aliphatic carbocycles. The van der Waals surface area contributed by atoms with Crippen molar-refractivity contribution in [1.29, 1.82) is 0 Å². The predicted octanol–water partition coefficient (Wildman–Crippen LogP) is 1.95. The van der Waals surface area contributed by atoms with Crippen LogP contribution in [0.4, 0.5) is 0 Å². The summed E-state index contributed by atoms with van der Waals surface area (Å²) in [5.41, 5.74) is 0.518. The van der Waals surface area contributed by atoms with Gasteiger partial charge in [-0.3, -0.25) is 4.79 Å². The molecular formula is C17H22N4O3. The van der Waals surface area contributed by atoms with E-state index in [1.807, 2.05) is 13.8 Å². The van der Waals surface area contributed by atoms with E-state index in [2.05, 4.69) is 20.1 Å². The minimum atomic E-state index is -0.181. The second-order valence-electron chi connectivity index (χ2n) is 6.00. The average Bonchev–Trinajstić information content (AvgIpc) is 3.16. The molecule has 1 aliphatic rings. The summed E-state index contributed by atoms with van der Waals surface area (Å²) in [4.78, 5) is 12.4. The third-order valence-corrected chi connectivity index (χ3v) is 3.88. The third kappa shape index (κ3) is 3.34. The van der Waals surface area contributed by atoms with Crippen molar-refractivity contribution >= 4 is 5.91 Å². The van der Waals surface area contributed by atoms with Crippen molar-refractivity contribution in [2.45, 2.75) is 45.9 Å². The van der Waals surface area contributed by atoms with E-state index in [0.29, 0.717) is 23.6 Å². The van der Waals surface area contributed by atoms with E-state index < -0.39 is 0 Å². The number of methoxy groups -OCH3 is 1. The number of carbonyl (C=O) groups is 1. The summed E-state index contributed by atoms with van der Waals surface area (Å²) >= 11 is 0. The van der Waals surface area contributed by atoms with Gasteiger partial charge in [-0.1, -0.05) is 0 Å². The topological polar surface area (TPSA) is 78.3 Å². The van der Waals surface area contributed by atoms with Crippen LogP contribution in [-0.4, -0.2) is 33.9 Å². The summed E-state index contributed by atoms with van der Waals surface area (Å²) in [5.74, 6) is 2.78. The van der Waals surface area contributed by atoms with Gasteiger partial charge in [-0.25, -0.2) is 0 Å². The van der Waals surface area contributed by atoms with Crippen LogP contribution in [0.3, 0.4) is 0 Å². The van der Waals surface area contributed by atoms with Crippen LogP contribution in [0.1, 0.15) is 42.3 Å². The highest BCUT2D eigenvalue weighted by Gasteiger charge is 2.18. The van der Waals surface area contributed by atoms with Crippen molar-refractivity contribution in [2.24, 2.45) is 0 Å². The van der Waals surface area contributed by atoms with Crippen molar-refractivity contribution in [3.8, 4) is 11.5 Å². The zero-order valence-corrected chi connectivity index (χ0v) is 14.2. The fraction of sp³-hybridized carbons (Fsp3) is 0.471. The fourth-order valence-electron chi connectivity index (χ4n) is 2.76. The van der Waals surface area contributed by atoms with E-state index in [1.54, 1.807) is 25.3 Å². The maximum Gasteiger partial charge on any atom is 0.251 e. The van der Waals surface area contributed by atoms with E-state index in [1.165, 1.54) is 0 Å². The Morgan fingerprint density at radius 3 is 2.92 bits per heavy atom. The predicted molar refractivity (Wildman–Crippen MR) is 88.3 cm³/mol. The van der Waals surface area contributed by atoms with E-state index >= 15 is 0 Å². The Hall–Kier alpha value is -2.57. The quantitative estimate of drug-likeness (QED) is 0.876. The summed E-state index contributed by atoms with van der Waals surface area (Å²) in [7, 11) is 1.56. The molecule has 1 N–H and O–H groups in total. The normalized spacial score (nSPS) is 13.0. The molecule has 2 heterocycles. The van der Waals surface area contributed by atoms with Crippen LogP contribution in [0, 0.1) is 0 Å². The standard InChI is InChI=1S/C17H22N4O3/c1-11(2)24-13-7-6-12(9-14(13)23-3)17(22)18-10-16-20-19-15-5-4-8-21(15)16/h6-7,9,11H,4-5,8,10H2,1-3H3,(H,18,22). The summed E-state index contributed by atoms with van der Waals surface area (Å²) in [6.07, 6.45) is 2.07. The zero-order valence-electron chi connectivity index (χ0n) is 14.2. The lowest BCUT2D eigenvalue weighted by atomic mass is 10.2. The Kier molecular flexibility index (Phi) is 4.69. The molecular weight excluding hydrogens is 308 g/mol. The lowest BCUT2D eigenvalue weighted by Crippen LogP contribution is -2.24.